The average Bonchev–Trinajstić information content (AvgIpc) is 3.32. The van der Waals surface area contributed by atoms with Crippen molar-refractivity contribution in [1.29, 1.82) is 0 Å². The number of nitrogens with zero attached hydrogens (tertiary/aromatic N) is 4. The summed E-state index contributed by atoms with van der Waals surface area (Å²) in [5, 5.41) is 7.04. The van der Waals surface area contributed by atoms with E-state index in [0.29, 0.717) is 25.3 Å². The maximum Gasteiger partial charge on any atom is 0.267 e. The molecule has 0 spiro atoms. The fourth-order valence-corrected chi connectivity index (χ4v) is 4.69. The summed E-state index contributed by atoms with van der Waals surface area (Å²) in [6, 6.07) is 1.46. The molecule has 2 aromatic heterocycles. The number of nitrogens with one attached hydrogen (secondary N) is 1. The molecule has 0 aromatic carbocycles. The predicted octanol–water partition coefficient (Wildman–Crippen LogP) is 1.13. The maximum absolute atomic E-state index is 12.6. The fraction of sp³-hybridized carbons (Fsp3) is 0.529. The Morgan fingerprint density at radius 2 is 2.00 bits per heavy atom. The first-order chi connectivity index (χ1) is 12.4. The van der Waals surface area contributed by atoms with Gasteiger partial charge in [-0.15, -0.1) is 0 Å². The van der Waals surface area contributed by atoms with Crippen LogP contribution in [0.4, 0.5) is 0 Å². The van der Waals surface area contributed by atoms with E-state index in [1.165, 1.54) is 16.6 Å². The first-order valence-electron chi connectivity index (χ1n) is 8.82. The molecule has 0 bridgehead atoms. The molecule has 1 amide bonds. The Morgan fingerprint density at radius 3 is 2.65 bits per heavy atom. The highest BCUT2D eigenvalue weighted by Gasteiger charge is 2.29. The molecule has 9 heteroatoms. The Balaban J connectivity index is 1.58. The number of aryl methyl sites for hydroxylation is 3. The lowest BCUT2D eigenvalue weighted by Gasteiger charge is -2.13. The number of hydrogen-bond donors (Lipinski definition) is 1. The van der Waals surface area contributed by atoms with Crippen molar-refractivity contribution in [3.05, 3.63) is 35.9 Å². The number of sulfonamides is 1. The topological polar surface area (TPSA) is 89.2 Å². The first kappa shape index (κ1) is 18.7. The normalized spacial score (nSPS) is 15.5. The van der Waals surface area contributed by atoms with E-state index < -0.39 is 10.0 Å². The number of hydrogen-bond acceptors (Lipinski definition) is 4. The van der Waals surface area contributed by atoms with Crippen molar-refractivity contribution in [2.75, 3.05) is 19.6 Å². The van der Waals surface area contributed by atoms with Crippen LogP contribution in [0, 0.1) is 6.92 Å². The molecule has 1 aliphatic heterocycles. The van der Waals surface area contributed by atoms with E-state index >= 15 is 0 Å². The van der Waals surface area contributed by atoms with E-state index in [-0.39, 0.29) is 10.8 Å². The van der Waals surface area contributed by atoms with Gasteiger partial charge >= 0.3 is 0 Å². The average molecular weight is 379 g/mol. The molecule has 0 unspecified atom stereocenters. The fourth-order valence-electron chi connectivity index (χ4n) is 3.10. The third-order valence-corrected chi connectivity index (χ3v) is 6.39. The second-order valence-corrected chi connectivity index (χ2v) is 8.61. The zero-order chi connectivity index (χ0) is 18.7. The monoisotopic (exact) mass is 379 g/mol. The van der Waals surface area contributed by atoms with E-state index in [4.69, 9.17) is 0 Å². The summed E-state index contributed by atoms with van der Waals surface area (Å²) in [5.41, 5.74) is 1.45. The molecule has 1 N–H and O–H groups in total. The summed E-state index contributed by atoms with van der Waals surface area (Å²) in [4.78, 5) is 12.6. The number of amides is 1. The highest BCUT2D eigenvalue weighted by atomic mass is 32.2. The second kappa shape index (κ2) is 7.63. The molecule has 26 heavy (non-hydrogen) atoms. The largest absolute Gasteiger partial charge is 0.351 e. The summed E-state index contributed by atoms with van der Waals surface area (Å²) in [6.45, 7) is 4.29. The number of carbonyl (C=O) groups excluding carboxylic acids is 1. The van der Waals surface area contributed by atoms with Gasteiger partial charge in [-0.2, -0.15) is 9.40 Å². The summed E-state index contributed by atoms with van der Waals surface area (Å²) < 4.78 is 30.1. The van der Waals surface area contributed by atoms with E-state index in [1.807, 2.05) is 17.8 Å². The molecule has 1 fully saturated rings. The summed E-state index contributed by atoms with van der Waals surface area (Å²) in [6.07, 6.45) is 7.77. The molecular formula is C17H25N5O3S. The Kier molecular flexibility index (Phi) is 5.47. The molecule has 3 heterocycles. The van der Waals surface area contributed by atoms with Crippen LogP contribution in [0.2, 0.25) is 0 Å². The van der Waals surface area contributed by atoms with E-state index in [1.54, 1.807) is 17.8 Å². The highest BCUT2D eigenvalue weighted by Crippen LogP contribution is 2.22. The Bertz CT molecular complexity index is 878. The Morgan fingerprint density at radius 1 is 1.27 bits per heavy atom. The SMILES string of the molecule is Cc1cnn(CCCNC(=O)c2cc(S(=O)(=O)N3CCCC3)cn2C)c1. The van der Waals surface area contributed by atoms with Crippen LogP contribution < -0.4 is 5.32 Å². The summed E-state index contributed by atoms with van der Waals surface area (Å²) in [7, 11) is -1.83. The lowest BCUT2D eigenvalue weighted by Crippen LogP contribution is -2.28. The molecule has 8 nitrogen and oxygen atoms in total. The van der Waals surface area contributed by atoms with Gasteiger partial charge in [0.1, 0.15) is 10.6 Å². The third kappa shape index (κ3) is 3.99. The van der Waals surface area contributed by atoms with Gasteiger partial charge in [0.15, 0.2) is 0 Å². The van der Waals surface area contributed by atoms with Crippen LogP contribution in [0.5, 0.6) is 0 Å². The molecule has 3 rings (SSSR count). The minimum absolute atomic E-state index is 0.180. The molecule has 1 aliphatic rings. The van der Waals surface area contributed by atoms with Gasteiger partial charge < -0.3 is 9.88 Å². The van der Waals surface area contributed by atoms with E-state index in [0.717, 1.165) is 31.4 Å². The van der Waals surface area contributed by atoms with Crippen LogP contribution >= 0.6 is 0 Å². The van der Waals surface area contributed by atoms with Gasteiger partial charge in [-0.3, -0.25) is 9.48 Å². The molecule has 0 aliphatic carbocycles. The minimum atomic E-state index is -3.51. The Labute approximate surface area is 153 Å². The van der Waals surface area contributed by atoms with Crippen molar-refractivity contribution in [3.8, 4) is 0 Å². The van der Waals surface area contributed by atoms with Gasteiger partial charge in [-0.25, -0.2) is 8.42 Å². The zero-order valence-electron chi connectivity index (χ0n) is 15.2. The lowest BCUT2D eigenvalue weighted by atomic mass is 10.3. The van der Waals surface area contributed by atoms with Crippen LogP contribution in [0.3, 0.4) is 0 Å². The molecule has 142 valence electrons. The molecule has 0 radical (unpaired) electrons. The van der Waals surface area contributed by atoms with Crippen LogP contribution in [0.1, 0.15) is 35.3 Å². The molecule has 1 saturated heterocycles. The number of aromatic nitrogens is 3. The van der Waals surface area contributed by atoms with Gasteiger partial charge in [0.25, 0.3) is 5.91 Å². The maximum atomic E-state index is 12.6. The van der Waals surface area contributed by atoms with Crippen LogP contribution in [-0.4, -0.2) is 52.6 Å². The van der Waals surface area contributed by atoms with Gasteiger partial charge in [0.2, 0.25) is 10.0 Å². The van der Waals surface area contributed by atoms with Gasteiger partial charge in [0, 0.05) is 45.6 Å². The van der Waals surface area contributed by atoms with Crippen LogP contribution in [0.15, 0.2) is 29.6 Å². The summed E-state index contributed by atoms with van der Waals surface area (Å²) in [5.74, 6) is -0.271. The van der Waals surface area contributed by atoms with Crippen molar-refractivity contribution < 1.29 is 13.2 Å². The predicted molar refractivity (Wildman–Crippen MR) is 97.3 cm³/mol. The lowest BCUT2D eigenvalue weighted by molar-refractivity contribution is 0.0944. The third-order valence-electron chi connectivity index (χ3n) is 4.53. The highest BCUT2D eigenvalue weighted by molar-refractivity contribution is 7.89. The molecule has 0 saturated carbocycles. The Hall–Kier alpha value is -2.13. The summed E-state index contributed by atoms with van der Waals surface area (Å²) >= 11 is 0. The quantitative estimate of drug-likeness (QED) is 0.731. The van der Waals surface area contributed by atoms with Crippen molar-refractivity contribution in [3.63, 3.8) is 0 Å². The number of rotatable bonds is 7. The van der Waals surface area contributed by atoms with Gasteiger partial charge in [-0.1, -0.05) is 0 Å². The molecule has 0 atom stereocenters. The smallest absolute Gasteiger partial charge is 0.267 e. The standard InChI is InChI=1S/C17H25N5O3S/c1-14-11-19-21(12-14)7-5-6-18-17(23)16-10-15(13-20(16)2)26(24,25)22-8-3-4-9-22/h10-13H,3-9H2,1-2H3,(H,18,23). The minimum Gasteiger partial charge on any atom is -0.351 e. The van der Waals surface area contributed by atoms with Gasteiger partial charge in [0.05, 0.1) is 6.20 Å². The van der Waals surface area contributed by atoms with Crippen molar-refractivity contribution in [2.45, 2.75) is 37.6 Å². The van der Waals surface area contributed by atoms with Crippen molar-refractivity contribution >= 4 is 15.9 Å². The van der Waals surface area contributed by atoms with Crippen molar-refractivity contribution in [1.82, 2.24) is 24.0 Å². The van der Waals surface area contributed by atoms with E-state index in [2.05, 4.69) is 10.4 Å². The second-order valence-electron chi connectivity index (χ2n) is 6.67. The van der Waals surface area contributed by atoms with Gasteiger partial charge in [-0.05, 0) is 37.8 Å². The first-order valence-corrected chi connectivity index (χ1v) is 10.3. The van der Waals surface area contributed by atoms with Crippen LogP contribution in [-0.2, 0) is 23.6 Å². The zero-order valence-corrected chi connectivity index (χ0v) is 16.0. The molecular weight excluding hydrogens is 354 g/mol. The number of carbonyl (C=O) groups is 1. The molecule has 2 aromatic rings. The van der Waals surface area contributed by atoms with E-state index in [9.17, 15) is 13.2 Å². The van der Waals surface area contributed by atoms with Crippen LogP contribution in [0.25, 0.3) is 0 Å². The van der Waals surface area contributed by atoms with Crippen molar-refractivity contribution in [2.24, 2.45) is 7.05 Å².